The molecule has 0 aliphatic carbocycles. The number of amides is 1. The van der Waals surface area contributed by atoms with Gasteiger partial charge >= 0.3 is 0 Å². The number of nitrogens with one attached hydrogen (secondary N) is 1. The third-order valence-corrected chi connectivity index (χ3v) is 5.40. The van der Waals surface area contributed by atoms with E-state index in [2.05, 4.69) is 39.2 Å². The van der Waals surface area contributed by atoms with Gasteiger partial charge < -0.3 is 10.2 Å². The highest BCUT2D eigenvalue weighted by molar-refractivity contribution is 7.11. The van der Waals surface area contributed by atoms with Crippen LogP contribution in [0, 0.1) is 5.92 Å². The molecule has 3 heterocycles. The number of carbonyl (C=O) groups excluding carboxylic acids is 1. The first-order chi connectivity index (χ1) is 11.3. The predicted octanol–water partition coefficient (Wildman–Crippen LogP) is 2.63. The zero-order valence-electron chi connectivity index (χ0n) is 13.4. The summed E-state index contributed by atoms with van der Waals surface area (Å²) >= 11 is 1.78. The van der Waals surface area contributed by atoms with Crippen molar-refractivity contribution in [2.45, 2.75) is 32.7 Å². The number of thiophene rings is 1. The fourth-order valence-electron chi connectivity index (χ4n) is 2.88. The SMILES string of the molecule is CCc1ccc(CNC(=O)C2CCCN(c3cnccn3)C2)s1. The van der Waals surface area contributed by atoms with Crippen LogP contribution in [0.3, 0.4) is 0 Å². The summed E-state index contributed by atoms with van der Waals surface area (Å²) in [5.41, 5.74) is 0. The van der Waals surface area contributed by atoms with Crippen LogP contribution in [0.1, 0.15) is 29.5 Å². The van der Waals surface area contributed by atoms with E-state index in [9.17, 15) is 4.79 Å². The minimum Gasteiger partial charge on any atom is -0.355 e. The van der Waals surface area contributed by atoms with Gasteiger partial charge in [-0.3, -0.25) is 9.78 Å². The number of nitrogens with zero attached hydrogens (tertiary/aromatic N) is 3. The van der Waals surface area contributed by atoms with E-state index in [0.717, 1.165) is 38.2 Å². The maximum atomic E-state index is 12.5. The van der Waals surface area contributed by atoms with E-state index in [1.165, 1.54) is 9.75 Å². The maximum Gasteiger partial charge on any atom is 0.225 e. The molecule has 1 atom stereocenters. The van der Waals surface area contributed by atoms with Crippen molar-refractivity contribution in [3.8, 4) is 0 Å². The minimum absolute atomic E-state index is 0.0244. The Morgan fingerprint density at radius 1 is 1.39 bits per heavy atom. The Labute approximate surface area is 140 Å². The first kappa shape index (κ1) is 15.9. The summed E-state index contributed by atoms with van der Waals surface area (Å²) in [6, 6.07) is 4.25. The van der Waals surface area contributed by atoms with Crippen molar-refractivity contribution in [3.63, 3.8) is 0 Å². The molecule has 1 amide bonds. The molecule has 0 spiro atoms. The lowest BCUT2D eigenvalue weighted by atomic mass is 9.97. The van der Waals surface area contributed by atoms with Crippen LogP contribution in [-0.2, 0) is 17.8 Å². The minimum atomic E-state index is 0.0244. The quantitative estimate of drug-likeness (QED) is 0.915. The largest absolute Gasteiger partial charge is 0.355 e. The van der Waals surface area contributed by atoms with Crippen LogP contribution in [-0.4, -0.2) is 29.0 Å². The van der Waals surface area contributed by atoms with E-state index in [0.29, 0.717) is 6.54 Å². The topological polar surface area (TPSA) is 58.1 Å². The Bertz CT molecular complexity index is 643. The van der Waals surface area contributed by atoms with E-state index in [-0.39, 0.29) is 11.8 Å². The summed E-state index contributed by atoms with van der Waals surface area (Å²) in [7, 11) is 0. The predicted molar refractivity (Wildman–Crippen MR) is 92.5 cm³/mol. The van der Waals surface area contributed by atoms with Gasteiger partial charge in [-0.2, -0.15) is 0 Å². The molecule has 1 fully saturated rings. The molecule has 0 saturated carbocycles. The molecule has 1 aliphatic rings. The van der Waals surface area contributed by atoms with E-state index in [1.807, 2.05) is 0 Å². The Morgan fingerprint density at radius 2 is 2.26 bits per heavy atom. The van der Waals surface area contributed by atoms with E-state index < -0.39 is 0 Å². The molecule has 1 aliphatic heterocycles. The second-order valence-corrected chi connectivity index (χ2v) is 7.04. The smallest absolute Gasteiger partial charge is 0.225 e. The Kier molecular flexibility index (Phi) is 5.23. The lowest BCUT2D eigenvalue weighted by Gasteiger charge is -2.32. The number of hydrogen-bond acceptors (Lipinski definition) is 5. The van der Waals surface area contributed by atoms with E-state index >= 15 is 0 Å². The molecule has 2 aromatic heterocycles. The van der Waals surface area contributed by atoms with Gasteiger partial charge in [-0.05, 0) is 31.4 Å². The van der Waals surface area contributed by atoms with Gasteiger partial charge in [-0.25, -0.2) is 4.98 Å². The average Bonchev–Trinajstić information content (AvgIpc) is 3.09. The molecule has 1 saturated heterocycles. The third kappa shape index (κ3) is 4.07. The monoisotopic (exact) mass is 330 g/mol. The van der Waals surface area contributed by atoms with Gasteiger partial charge in [0.1, 0.15) is 5.82 Å². The highest BCUT2D eigenvalue weighted by Crippen LogP contribution is 2.21. The zero-order chi connectivity index (χ0) is 16.1. The Morgan fingerprint density at radius 3 is 3.00 bits per heavy atom. The van der Waals surface area contributed by atoms with Crippen molar-refractivity contribution < 1.29 is 4.79 Å². The normalized spacial score (nSPS) is 18.0. The molecule has 0 aromatic carbocycles. The molecule has 1 unspecified atom stereocenters. The van der Waals surface area contributed by atoms with Crippen molar-refractivity contribution in [2.75, 3.05) is 18.0 Å². The van der Waals surface area contributed by atoms with Crippen LogP contribution in [0.4, 0.5) is 5.82 Å². The van der Waals surface area contributed by atoms with Crippen molar-refractivity contribution in [2.24, 2.45) is 5.92 Å². The van der Waals surface area contributed by atoms with Crippen LogP contribution < -0.4 is 10.2 Å². The van der Waals surface area contributed by atoms with Gasteiger partial charge in [0, 0.05) is 35.2 Å². The van der Waals surface area contributed by atoms with Crippen LogP contribution in [0.25, 0.3) is 0 Å². The highest BCUT2D eigenvalue weighted by Gasteiger charge is 2.26. The third-order valence-electron chi connectivity index (χ3n) is 4.17. The van der Waals surface area contributed by atoms with Crippen molar-refractivity contribution >= 4 is 23.1 Å². The summed E-state index contributed by atoms with van der Waals surface area (Å²) in [4.78, 5) is 25.6. The van der Waals surface area contributed by atoms with Crippen LogP contribution in [0.2, 0.25) is 0 Å². The molecular formula is C17H22N4OS. The molecule has 23 heavy (non-hydrogen) atoms. The second-order valence-electron chi connectivity index (χ2n) is 5.79. The van der Waals surface area contributed by atoms with E-state index in [4.69, 9.17) is 0 Å². The standard InChI is InChI=1S/C17H22N4OS/c1-2-14-5-6-15(23-14)10-20-17(22)13-4-3-9-21(12-13)16-11-18-7-8-19-16/h5-8,11,13H,2-4,9-10,12H2,1H3,(H,20,22). The lowest BCUT2D eigenvalue weighted by molar-refractivity contribution is -0.125. The van der Waals surface area contributed by atoms with Gasteiger partial charge in [0.2, 0.25) is 5.91 Å². The van der Waals surface area contributed by atoms with Crippen LogP contribution in [0.5, 0.6) is 0 Å². The Balaban J connectivity index is 1.54. The van der Waals surface area contributed by atoms with Gasteiger partial charge in [-0.1, -0.05) is 6.92 Å². The number of aryl methyl sites for hydroxylation is 1. The zero-order valence-corrected chi connectivity index (χ0v) is 14.2. The number of aromatic nitrogens is 2. The molecule has 0 radical (unpaired) electrons. The molecule has 2 aromatic rings. The summed E-state index contributed by atoms with van der Waals surface area (Å²) in [6.07, 6.45) is 8.12. The molecule has 3 rings (SSSR count). The molecule has 6 heteroatoms. The van der Waals surface area contributed by atoms with Gasteiger partial charge in [0.25, 0.3) is 0 Å². The molecule has 0 bridgehead atoms. The molecule has 1 N–H and O–H groups in total. The molecular weight excluding hydrogens is 308 g/mol. The number of anilines is 1. The van der Waals surface area contributed by atoms with Gasteiger partial charge in [0.05, 0.1) is 18.7 Å². The average molecular weight is 330 g/mol. The molecule has 5 nitrogen and oxygen atoms in total. The van der Waals surface area contributed by atoms with Crippen molar-refractivity contribution in [3.05, 3.63) is 40.5 Å². The highest BCUT2D eigenvalue weighted by atomic mass is 32.1. The number of piperidine rings is 1. The second kappa shape index (κ2) is 7.55. The fourth-order valence-corrected chi connectivity index (χ4v) is 3.78. The lowest BCUT2D eigenvalue weighted by Crippen LogP contribution is -2.43. The van der Waals surface area contributed by atoms with Crippen molar-refractivity contribution in [1.82, 2.24) is 15.3 Å². The Hall–Kier alpha value is -1.95. The maximum absolute atomic E-state index is 12.5. The first-order valence-corrected chi connectivity index (χ1v) is 8.94. The number of carbonyl (C=O) groups is 1. The fraction of sp³-hybridized carbons (Fsp3) is 0.471. The van der Waals surface area contributed by atoms with Crippen LogP contribution in [0.15, 0.2) is 30.7 Å². The summed E-state index contributed by atoms with van der Waals surface area (Å²) in [6.45, 7) is 4.44. The van der Waals surface area contributed by atoms with Crippen molar-refractivity contribution in [1.29, 1.82) is 0 Å². The summed E-state index contributed by atoms with van der Waals surface area (Å²) in [5.74, 6) is 1.03. The van der Waals surface area contributed by atoms with Gasteiger partial charge in [0.15, 0.2) is 0 Å². The number of rotatable bonds is 5. The van der Waals surface area contributed by atoms with Crippen LogP contribution >= 0.6 is 11.3 Å². The van der Waals surface area contributed by atoms with E-state index in [1.54, 1.807) is 29.9 Å². The summed E-state index contributed by atoms with van der Waals surface area (Å²) < 4.78 is 0. The molecule has 122 valence electrons. The van der Waals surface area contributed by atoms with Gasteiger partial charge in [-0.15, -0.1) is 11.3 Å². The number of hydrogen-bond donors (Lipinski definition) is 1. The summed E-state index contributed by atoms with van der Waals surface area (Å²) in [5, 5.41) is 3.09. The first-order valence-electron chi connectivity index (χ1n) is 8.12.